The van der Waals surface area contributed by atoms with Gasteiger partial charge in [-0.15, -0.1) is 0 Å². The lowest BCUT2D eigenvalue weighted by Crippen LogP contribution is -2.42. The van der Waals surface area contributed by atoms with E-state index in [1.165, 1.54) is 18.2 Å². The van der Waals surface area contributed by atoms with E-state index in [2.05, 4.69) is 0 Å². The molecule has 1 atom stereocenters. The molecular formula is C26H35N3O6. The van der Waals surface area contributed by atoms with Crippen LogP contribution in [-0.2, 0) is 9.53 Å². The SMILES string of the molecule is CC(C)(C)OC(=O)N1CCC(C=CC(=O)N2CCCC(C(=O)c3cccc(C(=O)O)c3N)C2)CC1. The number of likely N-dealkylation sites (tertiary alicyclic amines) is 2. The van der Waals surface area contributed by atoms with Gasteiger partial charge in [-0.2, -0.15) is 0 Å². The van der Waals surface area contributed by atoms with Gasteiger partial charge < -0.3 is 25.4 Å². The van der Waals surface area contributed by atoms with Crippen LogP contribution in [0.15, 0.2) is 30.4 Å². The number of ketones is 1. The largest absolute Gasteiger partial charge is 0.478 e. The number of carboxylic acid groups (broad SMARTS) is 1. The highest BCUT2D eigenvalue weighted by atomic mass is 16.6. The van der Waals surface area contributed by atoms with Gasteiger partial charge in [0.1, 0.15) is 5.60 Å². The molecule has 3 rings (SSSR count). The molecule has 2 heterocycles. The van der Waals surface area contributed by atoms with Crippen molar-refractivity contribution in [1.29, 1.82) is 0 Å². The van der Waals surface area contributed by atoms with Gasteiger partial charge in [-0.3, -0.25) is 9.59 Å². The minimum absolute atomic E-state index is 0.0360. The van der Waals surface area contributed by atoms with Crippen LogP contribution in [0, 0.1) is 11.8 Å². The number of nitrogen functional groups attached to an aromatic ring is 1. The molecule has 0 saturated carbocycles. The first kappa shape index (κ1) is 26.2. The van der Waals surface area contributed by atoms with Crippen molar-refractivity contribution in [2.45, 2.75) is 52.1 Å². The number of hydrogen-bond donors (Lipinski definition) is 2. The number of allylic oxidation sites excluding steroid dienone is 1. The summed E-state index contributed by atoms with van der Waals surface area (Å²) in [7, 11) is 0. The number of nitrogens with two attached hydrogens (primary N) is 1. The van der Waals surface area contributed by atoms with Gasteiger partial charge in [0.05, 0.1) is 11.3 Å². The Morgan fingerprint density at radius 3 is 2.31 bits per heavy atom. The highest BCUT2D eigenvalue weighted by Gasteiger charge is 2.31. The van der Waals surface area contributed by atoms with E-state index >= 15 is 0 Å². The van der Waals surface area contributed by atoms with Gasteiger partial charge >= 0.3 is 12.1 Å². The highest BCUT2D eigenvalue weighted by Crippen LogP contribution is 2.26. The second-order valence-electron chi connectivity index (χ2n) is 10.2. The molecule has 2 amide bonds. The zero-order valence-electron chi connectivity index (χ0n) is 20.7. The van der Waals surface area contributed by atoms with Crippen molar-refractivity contribution in [3.63, 3.8) is 0 Å². The number of carbonyl (C=O) groups excluding carboxylic acids is 3. The maximum atomic E-state index is 13.1. The number of ether oxygens (including phenoxy) is 1. The van der Waals surface area contributed by atoms with Gasteiger partial charge in [0.2, 0.25) is 5.91 Å². The molecule has 1 aromatic rings. The molecule has 0 radical (unpaired) electrons. The standard InChI is InChI=1S/C26H35N3O6/c1-26(2,3)35-25(34)28-14-11-17(12-15-28)9-10-21(30)29-13-5-6-18(16-29)23(31)19-7-4-8-20(22(19)27)24(32)33/h4,7-10,17-18H,5-6,11-16,27H2,1-3H3,(H,32,33). The van der Waals surface area contributed by atoms with Gasteiger partial charge in [0.15, 0.2) is 5.78 Å². The molecule has 2 aliphatic rings. The number of para-hydroxylation sites is 1. The van der Waals surface area contributed by atoms with E-state index in [0.29, 0.717) is 32.5 Å². The summed E-state index contributed by atoms with van der Waals surface area (Å²) in [6.45, 7) is 7.52. The van der Waals surface area contributed by atoms with Crippen LogP contribution < -0.4 is 5.73 Å². The van der Waals surface area contributed by atoms with Crippen molar-refractivity contribution in [3.05, 3.63) is 41.5 Å². The van der Waals surface area contributed by atoms with Gasteiger partial charge in [0.25, 0.3) is 0 Å². The molecule has 2 saturated heterocycles. The number of piperidine rings is 2. The smallest absolute Gasteiger partial charge is 0.410 e. The molecule has 2 fully saturated rings. The second-order valence-corrected chi connectivity index (χ2v) is 10.2. The number of rotatable bonds is 5. The Hall–Kier alpha value is -3.36. The number of hydrogen-bond acceptors (Lipinski definition) is 6. The van der Waals surface area contributed by atoms with Crippen LogP contribution in [0.25, 0.3) is 0 Å². The summed E-state index contributed by atoms with van der Waals surface area (Å²) in [5.74, 6) is -1.80. The molecule has 9 nitrogen and oxygen atoms in total. The number of carbonyl (C=O) groups is 4. The third-order valence-electron chi connectivity index (χ3n) is 6.41. The monoisotopic (exact) mass is 485 g/mol. The first-order chi connectivity index (χ1) is 16.5. The minimum atomic E-state index is -1.18. The summed E-state index contributed by atoms with van der Waals surface area (Å²) in [4.78, 5) is 52.8. The van der Waals surface area contributed by atoms with Crippen molar-refractivity contribution in [2.24, 2.45) is 11.8 Å². The van der Waals surface area contributed by atoms with E-state index in [9.17, 15) is 24.3 Å². The van der Waals surface area contributed by atoms with Crippen LogP contribution in [0.5, 0.6) is 0 Å². The third kappa shape index (κ3) is 6.83. The zero-order chi connectivity index (χ0) is 25.8. The van der Waals surface area contributed by atoms with E-state index in [4.69, 9.17) is 10.5 Å². The van der Waals surface area contributed by atoms with E-state index in [0.717, 1.165) is 12.8 Å². The van der Waals surface area contributed by atoms with Crippen LogP contribution in [-0.4, -0.2) is 70.4 Å². The van der Waals surface area contributed by atoms with Gasteiger partial charge in [-0.25, -0.2) is 9.59 Å². The van der Waals surface area contributed by atoms with Crippen molar-refractivity contribution < 1.29 is 29.0 Å². The molecule has 0 aromatic heterocycles. The van der Waals surface area contributed by atoms with Crippen molar-refractivity contribution >= 4 is 29.4 Å². The number of Topliss-reactive ketones (excluding diaryl/α,β-unsaturated/α-hetero) is 1. The van der Waals surface area contributed by atoms with Gasteiger partial charge in [-0.1, -0.05) is 12.1 Å². The molecule has 35 heavy (non-hydrogen) atoms. The van der Waals surface area contributed by atoms with Crippen LogP contribution in [0.1, 0.15) is 67.2 Å². The summed E-state index contributed by atoms with van der Waals surface area (Å²) in [6, 6.07) is 4.41. The summed E-state index contributed by atoms with van der Waals surface area (Å²) >= 11 is 0. The Bertz CT molecular complexity index is 1000. The van der Waals surface area contributed by atoms with Crippen molar-refractivity contribution in [3.8, 4) is 0 Å². The third-order valence-corrected chi connectivity index (χ3v) is 6.41. The quantitative estimate of drug-likeness (QED) is 0.370. The van der Waals surface area contributed by atoms with Gasteiger partial charge in [0, 0.05) is 37.7 Å². The first-order valence-corrected chi connectivity index (χ1v) is 12.1. The molecule has 3 N–H and O–H groups in total. The fourth-order valence-electron chi connectivity index (χ4n) is 4.50. The molecule has 1 unspecified atom stereocenters. The maximum absolute atomic E-state index is 13.1. The van der Waals surface area contributed by atoms with E-state index in [1.54, 1.807) is 15.9 Å². The lowest BCUT2D eigenvalue weighted by molar-refractivity contribution is -0.127. The number of aromatic carboxylic acids is 1. The van der Waals surface area contributed by atoms with Crippen LogP contribution in [0.3, 0.4) is 0 Å². The Morgan fingerprint density at radius 1 is 1.03 bits per heavy atom. The zero-order valence-corrected chi connectivity index (χ0v) is 20.7. The molecular weight excluding hydrogens is 450 g/mol. The number of amides is 2. The fourth-order valence-corrected chi connectivity index (χ4v) is 4.50. The number of nitrogens with zero attached hydrogens (tertiary/aromatic N) is 2. The predicted molar refractivity (Wildman–Crippen MR) is 131 cm³/mol. The summed E-state index contributed by atoms with van der Waals surface area (Å²) in [5, 5.41) is 9.27. The highest BCUT2D eigenvalue weighted by molar-refractivity contribution is 6.07. The van der Waals surface area contributed by atoms with Crippen LogP contribution in [0.2, 0.25) is 0 Å². The van der Waals surface area contributed by atoms with Crippen molar-refractivity contribution in [2.75, 3.05) is 31.9 Å². The van der Waals surface area contributed by atoms with Crippen LogP contribution >= 0.6 is 0 Å². The van der Waals surface area contributed by atoms with Crippen LogP contribution in [0.4, 0.5) is 10.5 Å². The molecule has 1 aromatic carbocycles. The summed E-state index contributed by atoms with van der Waals surface area (Å²) in [5.41, 5.74) is 5.48. The number of benzene rings is 1. The maximum Gasteiger partial charge on any atom is 0.410 e. The Morgan fingerprint density at radius 2 is 1.69 bits per heavy atom. The summed E-state index contributed by atoms with van der Waals surface area (Å²) < 4.78 is 5.42. The lowest BCUT2D eigenvalue weighted by atomic mass is 9.88. The van der Waals surface area contributed by atoms with Gasteiger partial charge in [-0.05, 0) is 70.6 Å². The molecule has 9 heteroatoms. The molecule has 190 valence electrons. The lowest BCUT2D eigenvalue weighted by Gasteiger charge is -2.33. The Labute approximate surface area is 205 Å². The van der Waals surface area contributed by atoms with E-state index < -0.39 is 17.5 Å². The number of carboxylic acids is 1. The molecule has 0 spiro atoms. The average molecular weight is 486 g/mol. The molecule has 2 aliphatic heterocycles. The van der Waals surface area contributed by atoms with E-state index in [1.807, 2.05) is 26.8 Å². The van der Waals surface area contributed by atoms with E-state index in [-0.39, 0.29) is 47.1 Å². The Kier molecular flexibility index (Phi) is 8.19. The fraction of sp³-hybridized carbons (Fsp3) is 0.538. The molecule has 0 aliphatic carbocycles. The molecule has 0 bridgehead atoms. The topological polar surface area (TPSA) is 130 Å². The normalized spacial score (nSPS) is 19.6. The predicted octanol–water partition coefficient (Wildman–Crippen LogP) is 3.59. The Balaban J connectivity index is 1.55. The minimum Gasteiger partial charge on any atom is -0.478 e. The first-order valence-electron chi connectivity index (χ1n) is 12.1. The van der Waals surface area contributed by atoms with Crippen molar-refractivity contribution in [1.82, 2.24) is 9.80 Å². The summed E-state index contributed by atoms with van der Waals surface area (Å²) in [6.07, 6.45) is 5.96. The average Bonchev–Trinajstić information content (AvgIpc) is 2.81. The number of anilines is 1. The second kappa shape index (κ2) is 10.9.